The number of benzene rings is 1. The molecule has 0 spiro atoms. The van der Waals surface area contributed by atoms with Crippen molar-refractivity contribution in [3.8, 4) is 5.88 Å². The molecule has 2 heterocycles. The number of fused-ring (bicyclic) bond motifs is 1. The molecule has 6 heteroatoms. The van der Waals surface area contributed by atoms with Gasteiger partial charge < -0.3 is 19.1 Å². The molecule has 1 aromatic heterocycles. The van der Waals surface area contributed by atoms with Crippen LogP contribution in [0, 0.1) is 5.92 Å². The number of aromatic carboxylic acids is 1. The summed E-state index contributed by atoms with van der Waals surface area (Å²) in [6.07, 6.45) is 1.94. The van der Waals surface area contributed by atoms with Gasteiger partial charge in [0.05, 0.1) is 12.6 Å². The molecule has 1 fully saturated rings. The maximum Gasteiger partial charge on any atom is 0.341 e. The fraction of sp³-hybridized carbons (Fsp3) is 0.438. The molecular formula is C16H18ClNO4. The second kappa shape index (κ2) is 6.18. The summed E-state index contributed by atoms with van der Waals surface area (Å²) in [5, 5.41) is 10.7. The minimum absolute atomic E-state index is 0.173. The van der Waals surface area contributed by atoms with Crippen molar-refractivity contribution in [2.75, 3.05) is 20.3 Å². The third-order valence-electron chi connectivity index (χ3n) is 4.17. The molecule has 1 aliphatic rings. The minimum Gasteiger partial charge on any atom is -0.482 e. The Bertz CT molecular complexity index is 704. The van der Waals surface area contributed by atoms with Crippen LogP contribution >= 0.6 is 11.6 Å². The molecule has 0 aliphatic carbocycles. The SMILES string of the molecule is COc1c(C(=O)O)c2cc(Cl)ccc2n1CC1CCOCC1. The summed E-state index contributed by atoms with van der Waals surface area (Å²) in [4.78, 5) is 11.7. The predicted molar refractivity (Wildman–Crippen MR) is 84.0 cm³/mol. The Morgan fingerprint density at radius 2 is 2.18 bits per heavy atom. The lowest BCUT2D eigenvalue weighted by molar-refractivity contribution is 0.0606. The van der Waals surface area contributed by atoms with Crippen LogP contribution in [0.4, 0.5) is 0 Å². The normalized spacial score (nSPS) is 16.1. The van der Waals surface area contributed by atoms with Gasteiger partial charge >= 0.3 is 5.97 Å². The summed E-state index contributed by atoms with van der Waals surface area (Å²) < 4.78 is 12.8. The van der Waals surface area contributed by atoms with E-state index >= 15 is 0 Å². The topological polar surface area (TPSA) is 60.7 Å². The number of carboxylic acids is 1. The van der Waals surface area contributed by atoms with Gasteiger partial charge in [0.15, 0.2) is 0 Å². The van der Waals surface area contributed by atoms with Gasteiger partial charge in [-0.3, -0.25) is 0 Å². The molecule has 0 amide bonds. The van der Waals surface area contributed by atoms with Crippen LogP contribution in [0.2, 0.25) is 5.02 Å². The fourth-order valence-electron chi connectivity index (χ4n) is 3.09. The van der Waals surface area contributed by atoms with Crippen molar-refractivity contribution >= 4 is 28.5 Å². The largest absolute Gasteiger partial charge is 0.482 e. The highest BCUT2D eigenvalue weighted by Gasteiger charge is 2.25. The highest BCUT2D eigenvalue weighted by atomic mass is 35.5. The molecule has 2 aromatic rings. The van der Waals surface area contributed by atoms with Crippen molar-refractivity contribution in [1.29, 1.82) is 0 Å². The lowest BCUT2D eigenvalue weighted by atomic mass is 10.0. The average molecular weight is 324 g/mol. The summed E-state index contributed by atoms with van der Waals surface area (Å²) in [6, 6.07) is 5.31. The number of carboxylic acid groups (broad SMARTS) is 1. The Balaban J connectivity index is 2.12. The highest BCUT2D eigenvalue weighted by molar-refractivity contribution is 6.31. The molecule has 0 unspecified atom stereocenters. The Labute approximate surface area is 133 Å². The van der Waals surface area contributed by atoms with Gasteiger partial charge in [-0.25, -0.2) is 4.79 Å². The van der Waals surface area contributed by atoms with E-state index in [1.54, 1.807) is 12.1 Å². The van der Waals surface area contributed by atoms with Crippen LogP contribution in [0.25, 0.3) is 10.9 Å². The number of ether oxygens (including phenoxy) is 2. The summed E-state index contributed by atoms with van der Waals surface area (Å²) >= 11 is 6.03. The van der Waals surface area contributed by atoms with Crippen LogP contribution < -0.4 is 4.74 Å². The van der Waals surface area contributed by atoms with Crippen molar-refractivity contribution in [2.45, 2.75) is 19.4 Å². The molecule has 1 N–H and O–H groups in total. The second-order valence-corrected chi connectivity index (χ2v) is 5.95. The van der Waals surface area contributed by atoms with Crippen molar-refractivity contribution in [1.82, 2.24) is 4.57 Å². The van der Waals surface area contributed by atoms with Gasteiger partial charge in [-0.1, -0.05) is 11.6 Å². The summed E-state index contributed by atoms with van der Waals surface area (Å²) in [5.74, 6) is -0.165. The van der Waals surface area contributed by atoms with E-state index in [9.17, 15) is 9.90 Å². The number of rotatable bonds is 4. The molecular weight excluding hydrogens is 306 g/mol. The predicted octanol–water partition coefficient (Wildman–Crippen LogP) is 3.43. The van der Waals surface area contributed by atoms with Gasteiger partial charge in [0.1, 0.15) is 5.56 Å². The molecule has 0 bridgehead atoms. The zero-order chi connectivity index (χ0) is 15.7. The van der Waals surface area contributed by atoms with E-state index in [0.717, 1.165) is 38.1 Å². The molecule has 118 valence electrons. The standard InChI is InChI=1S/C16H18ClNO4/c1-21-15-14(16(19)20)12-8-11(17)2-3-13(12)18(15)9-10-4-6-22-7-5-10/h2-3,8,10H,4-7,9H2,1H3,(H,19,20). The molecule has 3 rings (SSSR count). The highest BCUT2D eigenvalue weighted by Crippen LogP contribution is 2.35. The third kappa shape index (κ3) is 2.66. The molecule has 22 heavy (non-hydrogen) atoms. The van der Waals surface area contributed by atoms with Gasteiger partial charge in [-0.05, 0) is 37.0 Å². The number of hydrogen-bond donors (Lipinski definition) is 1. The maximum absolute atomic E-state index is 11.7. The number of carbonyl (C=O) groups is 1. The van der Waals surface area contributed by atoms with Crippen LogP contribution in [-0.2, 0) is 11.3 Å². The fourth-order valence-corrected chi connectivity index (χ4v) is 3.26. The quantitative estimate of drug-likeness (QED) is 0.936. The zero-order valence-electron chi connectivity index (χ0n) is 12.3. The monoisotopic (exact) mass is 323 g/mol. The van der Waals surface area contributed by atoms with E-state index in [0.29, 0.717) is 22.2 Å². The van der Waals surface area contributed by atoms with Gasteiger partial charge in [0, 0.05) is 30.2 Å². The first-order valence-electron chi connectivity index (χ1n) is 7.28. The zero-order valence-corrected chi connectivity index (χ0v) is 13.1. The molecule has 1 aliphatic heterocycles. The Kier molecular flexibility index (Phi) is 4.27. The smallest absolute Gasteiger partial charge is 0.341 e. The first-order chi connectivity index (χ1) is 10.6. The molecule has 0 saturated carbocycles. The van der Waals surface area contributed by atoms with E-state index in [4.69, 9.17) is 21.1 Å². The lowest BCUT2D eigenvalue weighted by Gasteiger charge is -2.23. The Morgan fingerprint density at radius 1 is 1.45 bits per heavy atom. The van der Waals surface area contributed by atoms with Crippen molar-refractivity contribution in [3.05, 3.63) is 28.8 Å². The number of halogens is 1. The third-order valence-corrected chi connectivity index (χ3v) is 4.40. The molecule has 1 aromatic carbocycles. The van der Waals surface area contributed by atoms with E-state index < -0.39 is 5.97 Å². The number of methoxy groups -OCH3 is 1. The Morgan fingerprint density at radius 3 is 2.82 bits per heavy atom. The van der Waals surface area contributed by atoms with Gasteiger partial charge in [-0.2, -0.15) is 0 Å². The lowest BCUT2D eigenvalue weighted by Crippen LogP contribution is -2.20. The summed E-state index contributed by atoms with van der Waals surface area (Å²) in [5.41, 5.74) is 1.01. The first kappa shape index (κ1) is 15.2. The maximum atomic E-state index is 11.7. The van der Waals surface area contributed by atoms with Crippen molar-refractivity contribution in [2.24, 2.45) is 5.92 Å². The summed E-state index contributed by atoms with van der Waals surface area (Å²) in [6.45, 7) is 2.23. The van der Waals surface area contributed by atoms with Gasteiger partial charge in [-0.15, -0.1) is 0 Å². The van der Waals surface area contributed by atoms with Crippen molar-refractivity contribution in [3.63, 3.8) is 0 Å². The molecule has 0 radical (unpaired) electrons. The van der Waals surface area contributed by atoms with Gasteiger partial charge in [0.25, 0.3) is 0 Å². The van der Waals surface area contributed by atoms with Crippen LogP contribution in [0.3, 0.4) is 0 Å². The van der Waals surface area contributed by atoms with Crippen LogP contribution in [0.1, 0.15) is 23.2 Å². The van der Waals surface area contributed by atoms with Crippen LogP contribution in [0.15, 0.2) is 18.2 Å². The first-order valence-corrected chi connectivity index (χ1v) is 7.66. The Hall–Kier alpha value is -1.72. The van der Waals surface area contributed by atoms with Gasteiger partial charge in [0.2, 0.25) is 5.88 Å². The van der Waals surface area contributed by atoms with E-state index in [1.165, 1.54) is 7.11 Å². The second-order valence-electron chi connectivity index (χ2n) is 5.52. The molecule has 1 saturated heterocycles. The van der Waals surface area contributed by atoms with Crippen LogP contribution in [-0.4, -0.2) is 36.0 Å². The van der Waals surface area contributed by atoms with Crippen molar-refractivity contribution < 1.29 is 19.4 Å². The summed E-state index contributed by atoms with van der Waals surface area (Å²) in [7, 11) is 1.50. The van der Waals surface area contributed by atoms with E-state index in [2.05, 4.69) is 0 Å². The number of aromatic nitrogens is 1. The number of hydrogen-bond acceptors (Lipinski definition) is 3. The average Bonchev–Trinajstić information content (AvgIpc) is 2.81. The van der Waals surface area contributed by atoms with E-state index in [1.807, 2.05) is 10.6 Å². The minimum atomic E-state index is -1.00. The van der Waals surface area contributed by atoms with E-state index in [-0.39, 0.29) is 5.56 Å². The molecule has 5 nitrogen and oxygen atoms in total. The number of nitrogens with zero attached hydrogens (tertiary/aromatic N) is 1. The molecule has 0 atom stereocenters. The van der Waals surface area contributed by atoms with Crippen LogP contribution in [0.5, 0.6) is 5.88 Å².